The number of aryl methyl sites for hydroxylation is 2. The summed E-state index contributed by atoms with van der Waals surface area (Å²) >= 11 is 9.01. The summed E-state index contributed by atoms with van der Waals surface area (Å²) in [7, 11) is 0. The number of rotatable bonds is 0. The van der Waals surface area contributed by atoms with Gasteiger partial charge < -0.3 is 4.57 Å². The van der Waals surface area contributed by atoms with Crippen LogP contribution in [0.25, 0.3) is 0 Å². The molecule has 0 aromatic carbocycles. The molecule has 0 unspecified atom stereocenters. The summed E-state index contributed by atoms with van der Waals surface area (Å²) in [5.74, 6) is 0. The zero-order chi connectivity index (χ0) is 7.72. The lowest BCUT2D eigenvalue weighted by Crippen LogP contribution is -2.04. The Morgan fingerprint density at radius 2 is 1.80 bits per heavy atom. The van der Waals surface area contributed by atoms with Crippen LogP contribution in [0.15, 0.2) is 12.1 Å². The fraction of sp³-hybridized carbons (Fsp3) is 0.286. The second-order valence-electron chi connectivity index (χ2n) is 2.23. The normalized spacial score (nSPS) is 9.90. The van der Waals surface area contributed by atoms with E-state index in [1.165, 1.54) is 0 Å². The fourth-order valence-electron chi connectivity index (χ4n) is 0.970. The van der Waals surface area contributed by atoms with Crippen molar-refractivity contribution in [3.8, 4) is 0 Å². The van der Waals surface area contributed by atoms with E-state index < -0.39 is 0 Å². The molecule has 0 N–H and O–H groups in total. The predicted octanol–water partition coefficient (Wildman–Crippen LogP) is 2.17. The van der Waals surface area contributed by atoms with Crippen LogP contribution < -0.4 is 0 Å². The lowest BCUT2D eigenvalue weighted by atomic mass is 10.5. The molecule has 0 aliphatic carbocycles. The molecule has 0 bridgehead atoms. The van der Waals surface area contributed by atoms with Gasteiger partial charge in [0, 0.05) is 11.4 Å². The van der Waals surface area contributed by atoms with Crippen LogP contribution >= 0.6 is 24.8 Å². The summed E-state index contributed by atoms with van der Waals surface area (Å²) in [6, 6.07) is 4.05. The topological polar surface area (TPSA) is 4.93 Å². The van der Waals surface area contributed by atoms with E-state index in [9.17, 15) is 0 Å². The number of hydrogen-bond acceptors (Lipinski definition) is 1. The van der Waals surface area contributed by atoms with Crippen molar-refractivity contribution in [1.82, 2.24) is 4.57 Å². The molecule has 3 heteroatoms. The summed E-state index contributed by atoms with van der Waals surface area (Å²) in [5.41, 5.74) is 2.27. The molecule has 0 fully saturated rings. The highest BCUT2D eigenvalue weighted by atomic mass is 32.1. The van der Waals surface area contributed by atoms with Crippen molar-refractivity contribution in [2.24, 2.45) is 0 Å². The Hall–Kier alpha value is -0.280. The molecule has 0 aliphatic heterocycles. The Morgan fingerprint density at radius 3 is 2.00 bits per heavy atom. The quantitative estimate of drug-likeness (QED) is 0.463. The maximum absolute atomic E-state index is 4.92. The van der Waals surface area contributed by atoms with E-state index in [2.05, 4.69) is 12.6 Å². The molecular weight excluding hydrogens is 162 g/mol. The molecule has 0 amide bonds. The van der Waals surface area contributed by atoms with E-state index in [-0.39, 0.29) is 0 Å². The van der Waals surface area contributed by atoms with Crippen LogP contribution in [-0.4, -0.2) is 8.89 Å². The number of thiol groups is 1. The summed E-state index contributed by atoms with van der Waals surface area (Å²) in [6.45, 7) is 4.02. The van der Waals surface area contributed by atoms with E-state index >= 15 is 0 Å². The Balaban J connectivity index is 3.23. The monoisotopic (exact) mass is 171 g/mol. The first kappa shape index (κ1) is 7.82. The average molecular weight is 171 g/mol. The van der Waals surface area contributed by atoms with Gasteiger partial charge in [0.1, 0.15) is 4.32 Å². The van der Waals surface area contributed by atoms with Gasteiger partial charge >= 0.3 is 0 Å². The van der Waals surface area contributed by atoms with Crippen LogP contribution in [0.2, 0.25) is 0 Å². The van der Waals surface area contributed by atoms with Crippen LogP contribution in [0.3, 0.4) is 0 Å². The number of nitrogens with zero attached hydrogens (tertiary/aromatic N) is 1. The standard InChI is InChI=1S/C7H9NS2/c1-5-3-4-6(2)8(5)7(9)10/h3-4H,1-2H3,(H,9,10). The van der Waals surface area contributed by atoms with Gasteiger partial charge in [-0.1, -0.05) is 12.2 Å². The van der Waals surface area contributed by atoms with E-state index in [0.717, 1.165) is 11.4 Å². The van der Waals surface area contributed by atoms with Crippen LogP contribution in [0.4, 0.5) is 0 Å². The Bertz CT molecular complexity index is 243. The highest BCUT2D eigenvalue weighted by Crippen LogP contribution is 2.08. The van der Waals surface area contributed by atoms with Crippen LogP contribution in [0.1, 0.15) is 11.4 Å². The molecule has 1 rings (SSSR count). The first-order chi connectivity index (χ1) is 4.63. The Kier molecular flexibility index (Phi) is 2.16. The maximum Gasteiger partial charge on any atom is 0.141 e. The molecule has 0 saturated carbocycles. The zero-order valence-electron chi connectivity index (χ0n) is 5.96. The summed E-state index contributed by atoms with van der Waals surface area (Å²) < 4.78 is 2.54. The van der Waals surface area contributed by atoms with Crippen molar-refractivity contribution < 1.29 is 0 Å². The van der Waals surface area contributed by atoms with Crippen LogP contribution in [0, 0.1) is 13.8 Å². The summed E-state index contributed by atoms with van der Waals surface area (Å²) in [6.07, 6.45) is 0. The molecule has 0 spiro atoms. The summed E-state index contributed by atoms with van der Waals surface area (Å²) in [5, 5.41) is 0. The number of hydrogen-bond donors (Lipinski definition) is 1. The smallest absolute Gasteiger partial charge is 0.141 e. The van der Waals surface area contributed by atoms with Gasteiger partial charge in [0.25, 0.3) is 0 Å². The molecule has 10 heavy (non-hydrogen) atoms. The van der Waals surface area contributed by atoms with Crippen molar-refractivity contribution in [2.45, 2.75) is 13.8 Å². The zero-order valence-corrected chi connectivity index (χ0v) is 7.67. The van der Waals surface area contributed by atoms with Crippen LogP contribution in [0.5, 0.6) is 0 Å². The van der Waals surface area contributed by atoms with Gasteiger partial charge in [-0.3, -0.25) is 0 Å². The summed E-state index contributed by atoms with van der Waals surface area (Å²) in [4.78, 5) is 0. The third kappa shape index (κ3) is 1.25. The Morgan fingerprint density at radius 1 is 1.40 bits per heavy atom. The van der Waals surface area contributed by atoms with Crippen molar-refractivity contribution in [3.63, 3.8) is 0 Å². The molecule has 0 radical (unpaired) electrons. The van der Waals surface area contributed by atoms with Gasteiger partial charge in [-0.2, -0.15) is 0 Å². The van der Waals surface area contributed by atoms with E-state index in [1.807, 2.05) is 30.5 Å². The minimum Gasteiger partial charge on any atom is -0.304 e. The lowest BCUT2D eigenvalue weighted by molar-refractivity contribution is 1.06. The van der Waals surface area contributed by atoms with Gasteiger partial charge in [0.2, 0.25) is 0 Å². The van der Waals surface area contributed by atoms with Gasteiger partial charge in [-0.05, 0) is 26.0 Å². The molecule has 54 valence electrons. The lowest BCUT2D eigenvalue weighted by Gasteiger charge is -2.03. The molecule has 1 aromatic heterocycles. The maximum atomic E-state index is 4.92. The first-order valence-electron chi connectivity index (χ1n) is 3.01. The molecule has 0 atom stereocenters. The van der Waals surface area contributed by atoms with Gasteiger partial charge in [0.05, 0.1) is 0 Å². The first-order valence-corrected chi connectivity index (χ1v) is 3.86. The van der Waals surface area contributed by atoms with Crippen molar-refractivity contribution in [1.29, 1.82) is 0 Å². The van der Waals surface area contributed by atoms with Crippen LogP contribution in [-0.2, 0) is 0 Å². The van der Waals surface area contributed by atoms with Gasteiger partial charge in [-0.25, -0.2) is 0 Å². The largest absolute Gasteiger partial charge is 0.304 e. The second-order valence-corrected chi connectivity index (χ2v) is 3.35. The third-order valence-corrected chi connectivity index (χ3v) is 1.85. The van der Waals surface area contributed by atoms with E-state index in [0.29, 0.717) is 4.32 Å². The van der Waals surface area contributed by atoms with E-state index in [1.54, 1.807) is 0 Å². The van der Waals surface area contributed by atoms with Crippen molar-refractivity contribution in [3.05, 3.63) is 23.5 Å². The Labute approximate surface area is 71.5 Å². The van der Waals surface area contributed by atoms with Crippen molar-refractivity contribution >= 4 is 29.2 Å². The SMILES string of the molecule is Cc1ccc(C)n1C(=S)S. The van der Waals surface area contributed by atoms with Gasteiger partial charge in [-0.15, -0.1) is 12.6 Å². The minimum absolute atomic E-state index is 0.611. The average Bonchev–Trinajstić information content (AvgIpc) is 2.11. The highest BCUT2D eigenvalue weighted by Gasteiger charge is 2.00. The van der Waals surface area contributed by atoms with E-state index in [4.69, 9.17) is 12.2 Å². The molecule has 0 aliphatic rings. The molecule has 1 nitrogen and oxygen atoms in total. The second kappa shape index (κ2) is 2.76. The molecule has 0 saturated heterocycles. The molecule has 1 aromatic rings. The fourth-order valence-corrected chi connectivity index (χ4v) is 1.57. The third-order valence-electron chi connectivity index (χ3n) is 1.46. The van der Waals surface area contributed by atoms with Gasteiger partial charge in [0.15, 0.2) is 0 Å². The highest BCUT2D eigenvalue weighted by molar-refractivity contribution is 8.11. The molecule has 1 heterocycles. The van der Waals surface area contributed by atoms with Crippen molar-refractivity contribution in [2.75, 3.05) is 0 Å². The predicted molar refractivity (Wildman–Crippen MR) is 50.9 cm³/mol. The number of thiocarbonyl (C=S) groups is 1. The number of aromatic nitrogens is 1. The molecular formula is C7H9NS2. The minimum atomic E-state index is 0.611.